The van der Waals surface area contributed by atoms with Crippen LogP contribution in [0.1, 0.15) is 17.2 Å². The van der Waals surface area contributed by atoms with Crippen molar-refractivity contribution in [1.82, 2.24) is 0 Å². The smallest absolute Gasteiger partial charge is 0.410 e. The maximum atomic E-state index is 12.5. The first-order valence-electron chi connectivity index (χ1n) is 7.47. The number of carbonyl (C=O) groups is 1. The first-order valence-corrected chi connectivity index (χ1v) is 11.0. The summed E-state index contributed by atoms with van der Waals surface area (Å²) < 4.78 is 5.71. The van der Waals surface area contributed by atoms with Crippen molar-refractivity contribution in [1.29, 1.82) is 0 Å². The highest BCUT2D eigenvalue weighted by Crippen LogP contribution is 2.26. The van der Waals surface area contributed by atoms with Crippen molar-refractivity contribution in [2.24, 2.45) is 0 Å². The lowest BCUT2D eigenvalue weighted by molar-refractivity contribution is -0.143. The topological polar surface area (TPSA) is 62.7 Å². The third kappa shape index (κ3) is 4.25. The molecule has 5 heteroatoms. The first kappa shape index (κ1) is 16.9. The molecule has 0 saturated heterocycles. The summed E-state index contributed by atoms with van der Waals surface area (Å²) in [6.45, 7) is 5.80. The number of hydrogen-bond donors (Lipinski definition) is 0. The highest BCUT2D eigenvalue weighted by atomic mass is 28.3. The molecule has 0 fully saturated rings. The third-order valence-corrected chi connectivity index (χ3v) is 5.16. The van der Waals surface area contributed by atoms with Crippen molar-refractivity contribution in [3.63, 3.8) is 0 Å². The van der Waals surface area contributed by atoms with Crippen LogP contribution in [0.5, 0.6) is 0 Å². The van der Waals surface area contributed by atoms with E-state index in [1.165, 1.54) is 0 Å². The minimum absolute atomic E-state index is 0.134. The third-order valence-electron chi connectivity index (χ3n) is 3.43. The van der Waals surface area contributed by atoms with E-state index < -0.39 is 20.1 Å². The Labute approximate surface area is 137 Å². The number of esters is 1. The fraction of sp³-hybridized carbons (Fsp3) is 0.222. The van der Waals surface area contributed by atoms with Crippen LogP contribution in [0.15, 0.2) is 60.7 Å². The minimum atomic E-state index is -2.09. The van der Waals surface area contributed by atoms with Gasteiger partial charge in [0.2, 0.25) is 0 Å². The number of carbonyl (C=O) groups excluding carboxylic acids is 1. The largest absolute Gasteiger partial charge is 0.444 e. The van der Waals surface area contributed by atoms with Gasteiger partial charge in [-0.2, -0.15) is 4.79 Å². The molecule has 0 aromatic heterocycles. The van der Waals surface area contributed by atoms with Crippen molar-refractivity contribution in [2.75, 3.05) is 0 Å². The zero-order chi connectivity index (χ0) is 16.9. The average Bonchev–Trinajstić information content (AvgIpc) is 2.53. The fourth-order valence-corrected chi connectivity index (χ4v) is 3.22. The molecule has 0 aliphatic rings. The maximum absolute atomic E-state index is 12.5. The fourth-order valence-electron chi connectivity index (χ4n) is 2.24. The van der Waals surface area contributed by atoms with Crippen LogP contribution in [0.2, 0.25) is 19.6 Å². The van der Waals surface area contributed by atoms with Crippen LogP contribution in [0.3, 0.4) is 0 Å². The van der Waals surface area contributed by atoms with Gasteiger partial charge in [0.25, 0.3) is 0 Å². The van der Waals surface area contributed by atoms with Crippen LogP contribution in [0.25, 0.3) is 5.53 Å². The molecule has 0 N–H and O–H groups in total. The van der Waals surface area contributed by atoms with Crippen LogP contribution >= 0.6 is 0 Å². The quantitative estimate of drug-likeness (QED) is 0.275. The lowest BCUT2D eigenvalue weighted by Crippen LogP contribution is -2.41. The Balaban J connectivity index is 2.37. The summed E-state index contributed by atoms with van der Waals surface area (Å²) in [5.74, 6) is -0.565. The van der Waals surface area contributed by atoms with Crippen molar-refractivity contribution in [2.45, 2.75) is 25.7 Å². The van der Waals surface area contributed by atoms with Gasteiger partial charge < -0.3 is 10.3 Å². The molecule has 0 unspecified atom stereocenters. The molecular formula is C18H20N2O2Si. The Hall–Kier alpha value is -2.49. The van der Waals surface area contributed by atoms with E-state index in [1.54, 1.807) is 0 Å². The van der Waals surface area contributed by atoms with Crippen molar-refractivity contribution >= 4 is 19.4 Å². The predicted molar refractivity (Wildman–Crippen MR) is 92.8 cm³/mol. The molecule has 0 aliphatic carbocycles. The number of rotatable bonds is 5. The van der Waals surface area contributed by atoms with E-state index in [2.05, 4.69) is 4.79 Å². The molecule has 0 heterocycles. The molecule has 0 aliphatic heterocycles. The molecule has 0 radical (unpaired) electrons. The molecular weight excluding hydrogens is 304 g/mol. The summed E-state index contributed by atoms with van der Waals surface area (Å²) in [4.78, 5) is 15.7. The van der Waals surface area contributed by atoms with E-state index in [9.17, 15) is 10.3 Å². The van der Waals surface area contributed by atoms with Gasteiger partial charge in [-0.1, -0.05) is 80.3 Å². The highest BCUT2D eigenvalue weighted by Gasteiger charge is 2.39. The molecule has 118 valence electrons. The molecule has 2 rings (SSSR count). The Morgan fingerprint density at radius 3 is 1.74 bits per heavy atom. The Kier molecular flexibility index (Phi) is 5.27. The summed E-state index contributed by atoms with van der Waals surface area (Å²) in [6.07, 6.45) is -0.530. The van der Waals surface area contributed by atoms with E-state index in [0.29, 0.717) is 0 Å². The van der Waals surface area contributed by atoms with Gasteiger partial charge in [0.05, 0.1) is 0 Å². The van der Waals surface area contributed by atoms with Crippen LogP contribution in [-0.4, -0.2) is 24.2 Å². The Morgan fingerprint density at radius 2 is 1.39 bits per heavy atom. The number of nitrogens with zero attached hydrogens (tertiary/aromatic N) is 2. The molecule has 23 heavy (non-hydrogen) atoms. The van der Waals surface area contributed by atoms with E-state index in [-0.39, 0.29) is 5.33 Å². The molecule has 0 amide bonds. The van der Waals surface area contributed by atoms with Gasteiger partial charge in [-0.3, -0.25) is 0 Å². The second kappa shape index (κ2) is 7.18. The molecule has 0 spiro atoms. The van der Waals surface area contributed by atoms with Crippen LogP contribution in [0, 0.1) is 0 Å². The van der Waals surface area contributed by atoms with Gasteiger partial charge in [-0.05, 0) is 11.1 Å². The van der Waals surface area contributed by atoms with E-state index in [4.69, 9.17) is 4.74 Å². The molecule has 4 nitrogen and oxygen atoms in total. The van der Waals surface area contributed by atoms with Crippen LogP contribution in [-0.2, 0) is 9.53 Å². The van der Waals surface area contributed by atoms with Gasteiger partial charge in [-0.15, -0.1) is 0 Å². The van der Waals surface area contributed by atoms with E-state index in [1.807, 2.05) is 80.3 Å². The zero-order valence-corrected chi connectivity index (χ0v) is 14.6. The maximum Gasteiger partial charge on any atom is 0.410 e. The summed E-state index contributed by atoms with van der Waals surface area (Å²) in [6, 6.07) is 19.1. The average molecular weight is 324 g/mol. The predicted octanol–water partition coefficient (Wildman–Crippen LogP) is 3.87. The monoisotopic (exact) mass is 324 g/mol. The summed E-state index contributed by atoms with van der Waals surface area (Å²) in [5, 5.41) is 0.134. The highest BCUT2D eigenvalue weighted by molar-refractivity contribution is 7.11. The number of hydrogen-bond acceptors (Lipinski definition) is 2. The van der Waals surface area contributed by atoms with Crippen molar-refractivity contribution in [3.8, 4) is 0 Å². The second-order valence-corrected chi connectivity index (χ2v) is 11.3. The summed E-state index contributed by atoms with van der Waals surface area (Å²) >= 11 is 0. The lowest BCUT2D eigenvalue weighted by atomic mass is 10.0. The SMILES string of the molecule is C[Si](C)(C)C(=[N+]=[N-])C(=O)OC(c1ccccc1)c1ccccc1. The minimum Gasteiger partial charge on any atom is -0.444 e. The standard InChI is InChI=1S/C18H20N2O2Si/c1-23(2,3)17(20-19)18(21)22-16(14-10-6-4-7-11-14)15-12-8-5-9-13-15/h4-13,16H,1-3H3. The van der Waals surface area contributed by atoms with E-state index >= 15 is 0 Å². The molecule has 0 saturated carbocycles. The second-order valence-electron chi connectivity index (χ2n) is 6.31. The first-order chi connectivity index (χ1) is 10.9. The van der Waals surface area contributed by atoms with Gasteiger partial charge in [0, 0.05) is 0 Å². The Bertz CT molecular complexity index is 678. The van der Waals surface area contributed by atoms with Crippen molar-refractivity contribution in [3.05, 3.63) is 77.3 Å². The molecule has 2 aromatic carbocycles. The van der Waals surface area contributed by atoms with Crippen LogP contribution < -0.4 is 0 Å². The summed E-state index contributed by atoms with van der Waals surface area (Å²) in [7, 11) is -2.09. The summed E-state index contributed by atoms with van der Waals surface area (Å²) in [5.41, 5.74) is 11.0. The lowest BCUT2D eigenvalue weighted by Gasteiger charge is -2.19. The van der Waals surface area contributed by atoms with Gasteiger partial charge in [0.15, 0.2) is 14.2 Å². The van der Waals surface area contributed by atoms with E-state index in [0.717, 1.165) is 11.1 Å². The van der Waals surface area contributed by atoms with Gasteiger partial charge >= 0.3 is 11.3 Å². The number of benzene rings is 2. The Morgan fingerprint density at radius 1 is 0.957 bits per heavy atom. The normalized spacial score (nSPS) is 11.0. The van der Waals surface area contributed by atoms with Gasteiger partial charge in [-0.25, -0.2) is 4.79 Å². The zero-order valence-electron chi connectivity index (χ0n) is 13.6. The molecule has 0 bridgehead atoms. The van der Waals surface area contributed by atoms with Gasteiger partial charge in [0.1, 0.15) is 0 Å². The number of ether oxygens (including phenoxy) is 1. The molecule has 0 atom stereocenters. The van der Waals surface area contributed by atoms with Crippen molar-refractivity contribution < 1.29 is 14.3 Å². The van der Waals surface area contributed by atoms with Crippen LogP contribution in [0.4, 0.5) is 0 Å². The molecule has 2 aromatic rings.